The Labute approximate surface area is 77.8 Å². The van der Waals surface area contributed by atoms with E-state index in [2.05, 4.69) is 39.9 Å². The molecule has 2 nitrogen and oxygen atoms in total. The molecule has 0 aromatic carbocycles. The summed E-state index contributed by atoms with van der Waals surface area (Å²) in [7, 11) is 6.63. The highest BCUT2D eigenvalue weighted by Crippen LogP contribution is 2.02. The third kappa shape index (κ3) is 4.73. The van der Waals surface area contributed by atoms with Crippen molar-refractivity contribution < 1.29 is 4.48 Å². The van der Waals surface area contributed by atoms with Gasteiger partial charge in [-0.15, -0.1) is 0 Å². The maximum atomic E-state index is 2.34. The van der Waals surface area contributed by atoms with E-state index in [-0.39, 0.29) is 0 Å². The van der Waals surface area contributed by atoms with Gasteiger partial charge in [0.05, 0.1) is 26.7 Å². The molecule has 0 bridgehead atoms. The molecule has 12 heavy (non-hydrogen) atoms. The Morgan fingerprint density at radius 1 is 1.08 bits per heavy atom. The zero-order chi connectivity index (χ0) is 9.61. The van der Waals surface area contributed by atoms with Gasteiger partial charge in [0.2, 0.25) is 0 Å². The van der Waals surface area contributed by atoms with Gasteiger partial charge >= 0.3 is 0 Å². The fourth-order valence-corrected chi connectivity index (χ4v) is 1.31. The minimum absolute atomic E-state index is 1.22. The molecular formula is C10H25N2+. The molecule has 0 unspecified atom stereocenters. The molecule has 2 heteroatoms. The predicted octanol–water partition coefficient (Wildman–Crippen LogP) is 1.42. The van der Waals surface area contributed by atoms with Gasteiger partial charge in [-0.1, -0.05) is 0 Å². The van der Waals surface area contributed by atoms with Crippen LogP contribution < -0.4 is 0 Å². The lowest BCUT2D eigenvalue weighted by Crippen LogP contribution is -2.44. The Bertz CT molecular complexity index is 106. The Kier molecular flexibility index (Phi) is 5.51. The van der Waals surface area contributed by atoms with E-state index in [1.54, 1.807) is 0 Å². The molecular weight excluding hydrogens is 148 g/mol. The van der Waals surface area contributed by atoms with Crippen LogP contribution in [0.15, 0.2) is 0 Å². The van der Waals surface area contributed by atoms with Crippen molar-refractivity contribution in [1.29, 1.82) is 0 Å². The first-order valence-corrected chi connectivity index (χ1v) is 5.02. The molecule has 0 radical (unpaired) electrons. The number of hydrogen-bond acceptors (Lipinski definition) is 1. The van der Waals surface area contributed by atoms with Crippen molar-refractivity contribution in [3.63, 3.8) is 0 Å². The third-order valence-corrected chi connectivity index (χ3v) is 2.83. The van der Waals surface area contributed by atoms with Crippen LogP contribution in [-0.4, -0.2) is 56.7 Å². The van der Waals surface area contributed by atoms with Crippen molar-refractivity contribution in [1.82, 2.24) is 4.90 Å². The van der Waals surface area contributed by atoms with Crippen LogP contribution in [0.2, 0.25) is 0 Å². The zero-order valence-corrected chi connectivity index (χ0v) is 9.43. The average molecular weight is 173 g/mol. The molecule has 0 saturated carbocycles. The number of nitrogens with zero attached hydrogens (tertiary/aromatic N) is 2. The van der Waals surface area contributed by atoms with Crippen LogP contribution >= 0.6 is 0 Å². The summed E-state index contributed by atoms with van der Waals surface area (Å²) < 4.78 is 1.22. The highest BCUT2D eigenvalue weighted by atomic mass is 15.3. The van der Waals surface area contributed by atoms with Crippen molar-refractivity contribution in [2.24, 2.45) is 0 Å². The molecule has 0 aliphatic carbocycles. The molecule has 0 spiro atoms. The van der Waals surface area contributed by atoms with Gasteiger partial charge in [0.1, 0.15) is 0 Å². The van der Waals surface area contributed by atoms with E-state index in [9.17, 15) is 0 Å². The van der Waals surface area contributed by atoms with Crippen LogP contribution in [0.3, 0.4) is 0 Å². The van der Waals surface area contributed by atoms with E-state index >= 15 is 0 Å². The first-order valence-electron chi connectivity index (χ1n) is 5.02. The SMILES string of the molecule is CC[N+](C)(CC)CCCN(C)C. The van der Waals surface area contributed by atoms with E-state index in [4.69, 9.17) is 0 Å². The van der Waals surface area contributed by atoms with Crippen LogP contribution in [0.1, 0.15) is 20.3 Å². The molecule has 0 fully saturated rings. The van der Waals surface area contributed by atoms with Gasteiger partial charge in [0.15, 0.2) is 0 Å². The number of quaternary nitrogens is 1. The van der Waals surface area contributed by atoms with Gasteiger partial charge in [-0.05, 0) is 27.9 Å². The summed E-state index contributed by atoms with van der Waals surface area (Å²) in [6, 6.07) is 0. The average Bonchev–Trinajstić information content (AvgIpc) is 2.03. The standard InChI is InChI=1S/C10H25N2/c1-6-12(5,7-2)10-8-9-11(3)4/h6-10H2,1-5H3/q+1. The van der Waals surface area contributed by atoms with Gasteiger partial charge < -0.3 is 9.38 Å². The topological polar surface area (TPSA) is 3.24 Å². The van der Waals surface area contributed by atoms with Gasteiger partial charge in [0.25, 0.3) is 0 Å². The second-order valence-corrected chi connectivity index (χ2v) is 4.13. The number of hydrogen-bond donors (Lipinski definition) is 0. The van der Waals surface area contributed by atoms with Gasteiger partial charge in [-0.25, -0.2) is 0 Å². The second kappa shape index (κ2) is 5.55. The second-order valence-electron chi connectivity index (χ2n) is 4.13. The number of rotatable bonds is 6. The lowest BCUT2D eigenvalue weighted by atomic mass is 10.3. The van der Waals surface area contributed by atoms with Crippen LogP contribution in [0.5, 0.6) is 0 Å². The highest BCUT2D eigenvalue weighted by molar-refractivity contribution is 4.44. The van der Waals surface area contributed by atoms with Crippen molar-refractivity contribution in [2.45, 2.75) is 20.3 Å². The van der Waals surface area contributed by atoms with Crippen LogP contribution in [0.4, 0.5) is 0 Å². The van der Waals surface area contributed by atoms with Crippen molar-refractivity contribution >= 4 is 0 Å². The van der Waals surface area contributed by atoms with E-state index in [0.29, 0.717) is 0 Å². The normalized spacial score (nSPS) is 12.5. The minimum atomic E-state index is 1.22. The molecule has 0 aromatic heterocycles. The Hall–Kier alpha value is -0.0800. The summed E-state index contributed by atoms with van der Waals surface area (Å²) in [5, 5.41) is 0. The first kappa shape index (κ1) is 11.9. The van der Waals surface area contributed by atoms with Crippen molar-refractivity contribution in [3.05, 3.63) is 0 Å². The van der Waals surface area contributed by atoms with Crippen LogP contribution in [-0.2, 0) is 0 Å². The predicted molar refractivity (Wildman–Crippen MR) is 55.3 cm³/mol. The van der Waals surface area contributed by atoms with E-state index < -0.39 is 0 Å². The molecule has 0 aliphatic rings. The molecule has 0 N–H and O–H groups in total. The molecule has 0 heterocycles. The zero-order valence-electron chi connectivity index (χ0n) is 9.43. The minimum Gasteiger partial charge on any atom is -0.326 e. The summed E-state index contributed by atoms with van der Waals surface area (Å²) in [5.41, 5.74) is 0. The molecule has 0 saturated heterocycles. The molecule has 74 valence electrons. The first-order chi connectivity index (χ1) is 5.54. The van der Waals surface area contributed by atoms with E-state index in [1.165, 1.54) is 37.1 Å². The van der Waals surface area contributed by atoms with Crippen LogP contribution in [0, 0.1) is 0 Å². The maximum Gasteiger partial charge on any atom is 0.0796 e. The summed E-state index contributed by atoms with van der Waals surface area (Å²) in [5.74, 6) is 0. The fraction of sp³-hybridized carbons (Fsp3) is 1.00. The molecule has 0 atom stereocenters. The smallest absolute Gasteiger partial charge is 0.0796 e. The molecule has 0 amide bonds. The molecule has 0 aliphatic heterocycles. The third-order valence-electron chi connectivity index (χ3n) is 2.83. The van der Waals surface area contributed by atoms with Crippen molar-refractivity contribution in [3.8, 4) is 0 Å². The maximum absolute atomic E-state index is 2.34. The van der Waals surface area contributed by atoms with Gasteiger partial charge in [0, 0.05) is 13.0 Å². The quantitative estimate of drug-likeness (QED) is 0.549. The summed E-state index contributed by atoms with van der Waals surface area (Å²) in [6.07, 6.45) is 1.31. The monoisotopic (exact) mass is 173 g/mol. The lowest BCUT2D eigenvalue weighted by Gasteiger charge is -2.32. The summed E-state index contributed by atoms with van der Waals surface area (Å²) >= 11 is 0. The van der Waals surface area contributed by atoms with Crippen molar-refractivity contribution in [2.75, 3.05) is 47.3 Å². The Morgan fingerprint density at radius 2 is 1.58 bits per heavy atom. The highest BCUT2D eigenvalue weighted by Gasteiger charge is 2.14. The summed E-state index contributed by atoms with van der Waals surface area (Å²) in [4.78, 5) is 2.26. The lowest BCUT2D eigenvalue weighted by molar-refractivity contribution is -0.906. The van der Waals surface area contributed by atoms with Gasteiger partial charge in [-0.2, -0.15) is 0 Å². The van der Waals surface area contributed by atoms with Crippen LogP contribution in [0.25, 0.3) is 0 Å². The van der Waals surface area contributed by atoms with E-state index in [0.717, 1.165) is 0 Å². The molecule has 0 aromatic rings. The Balaban J connectivity index is 3.58. The fourth-order valence-electron chi connectivity index (χ4n) is 1.31. The summed E-state index contributed by atoms with van der Waals surface area (Å²) in [6.45, 7) is 9.59. The largest absolute Gasteiger partial charge is 0.326 e. The Morgan fingerprint density at radius 3 is 1.92 bits per heavy atom. The van der Waals surface area contributed by atoms with Gasteiger partial charge in [-0.3, -0.25) is 0 Å². The molecule has 0 rings (SSSR count). The van der Waals surface area contributed by atoms with E-state index in [1.807, 2.05) is 0 Å².